The van der Waals surface area contributed by atoms with E-state index in [1.807, 2.05) is 67.4 Å². The minimum atomic E-state index is -0.272. The number of piperidine rings is 1. The molecule has 1 aromatic heterocycles. The Morgan fingerprint density at radius 3 is 2.69 bits per heavy atom. The summed E-state index contributed by atoms with van der Waals surface area (Å²) in [7, 11) is 0. The van der Waals surface area contributed by atoms with Crippen molar-refractivity contribution in [2.75, 3.05) is 18.1 Å². The molecular weight excluding hydrogens is 384 g/mol. The summed E-state index contributed by atoms with van der Waals surface area (Å²) in [5.74, 6) is -0.183. The van der Waals surface area contributed by atoms with Crippen LogP contribution in [0.4, 0.5) is 5.69 Å². The quantitative estimate of drug-likeness (QED) is 0.648. The van der Waals surface area contributed by atoms with Gasteiger partial charge in [-0.15, -0.1) is 11.3 Å². The zero-order valence-corrected chi connectivity index (χ0v) is 18.2. The second-order valence-electron chi connectivity index (χ2n) is 7.77. The number of rotatable bonds is 8. The van der Waals surface area contributed by atoms with Gasteiger partial charge >= 0.3 is 0 Å². The van der Waals surface area contributed by atoms with E-state index in [4.69, 9.17) is 4.74 Å². The van der Waals surface area contributed by atoms with Crippen molar-refractivity contribution in [2.24, 2.45) is 5.92 Å². The highest BCUT2D eigenvalue weighted by atomic mass is 32.1. The maximum absolute atomic E-state index is 13.1. The number of anilines is 1. The lowest BCUT2D eigenvalue weighted by Crippen LogP contribution is -2.48. The Morgan fingerprint density at radius 2 is 2.03 bits per heavy atom. The van der Waals surface area contributed by atoms with Crippen LogP contribution < -0.4 is 10.2 Å². The van der Waals surface area contributed by atoms with Gasteiger partial charge in [-0.25, -0.2) is 0 Å². The van der Waals surface area contributed by atoms with E-state index in [-0.39, 0.29) is 29.9 Å². The molecule has 5 nitrogen and oxygen atoms in total. The molecule has 29 heavy (non-hydrogen) atoms. The summed E-state index contributed by atoms with van der Waals surface area (Å²) in [5, 5.41) is 5.06. The van der Waals surface area contributed by atoms with Gasteiger partial charge in [0.1, 0.15) is 0 Å². The molecule has 2 aromatic rings. The fourth-order valence-electron chi connectivity index (χ4n) is 3.70. The molecule has 2 atom stereocenters. The summed E-state index contributed by atoms with van der Waals surface area (Å²) in [4.78, 5) is 28.8. The van der Waals surface area contributed by atoms with E-state index < -0.39 is 0 Å². The highest BCUT2D eigenvalue weighted by Gasteiger charge is 2.41. The standard InChI is InChI=1S/C23H30N2O3S/c1-16(2)28-14-5-13-24-23(27)19-11-12-21(26)25(18-9-7-17(3)8-10-18)22(19)20-6-4-15-29-20/h4,6-10,15-16,19,22H,5,11-14H2,1-3H3,(H,24,27). The zero-order chi connectivity index (χ0) is 20.8. The number of nitrogens with zero attached hydrogens (tertiary/aromatic N) is 1. The van der Waals surface area contributed by atoms with Crippen LogP contribution >= 0.6 is 11.3 Å². The summed E-state index contributed by atoms with van der Waals surface area (Å²) in [6.07, 6.45) is 1.92. The van der Waals surface area contributed by atoms with Crippen LogP contribution in [-0.2, 0) is 14.3 Å². The molecule has 1 fully saturated rings. The van der Waals surface area contributed by atoms with E-state index in [1.54, 1.807) is 11.3 Å². The third-order valence-corrected chi connectivity index (χ3v) is 6.10. The van der Waals surface area contributed by atoms with Gasteiger partial charge < -0.3 is 15.0 Å². The first-order valence-corrected chi connectivity index (χ1v) is 11.2. The molecule has 0 aliphatic carbocycles. The van der Waals surface area contributed by atoms with E-state index in [9.17, 15) is 9.59 Å². The summed E-state index contributed by atoms with van der Waals surface area (Å²) in [6.45, 7) is 7.24. The first kappa shape index (κ1) is 21.5. The molecule has 2 heterocycles. The summed E-state index contributed by atoms with van der Waals surface area (Å²) < 4.78 is 5.55. The van der Waals surface area contributed by atoms with Crippen molar-refractivity contribution in [1.29, 1.82) is 0 Å². The molecule has 0 spiro atoms. The second-order valence-corrected chi connectivity index (χ2v) is 8.75. The molecule has 1 aliphatic rings. The van der Waals surface area contributed by atoms with Crippen LogP contribution in [0.1, 0.15) is 49.6 Å². The summed E-state index contributed by atoms with van der Waals surface area (Å²) >= 11 is 1.60. The number of thiophene rings is 1. The van der Waals surface area contributed by atoms with Gasteiger partial charge in [0.2, 0.25) is 11.8 Å². The SMILES string of the molecule is Cc1ccc(N2C(=O)CCC(C(=O)NCCCOC(C)C)C2c2cccs2)cc1. The van der Waals surface area contributed by atoms with E-state index in [0.29, 0.717) is 26.0 Å². The van der Waals surface area contributed by atoms with Crippen molar-refractivity contribution in [1.82, 2.24) is 5.32 Å². The van der Waals surface area contributed by atoms with E-state index in [2.05, 4.69) is 5.32 Å². The smallest absolute Gasteiger partial charge is 0.227 e. The Balaban J connectivity index is 1.78. The normalized spacial score (nSPS) is 19.6. The van der Waals surface area contributed by atoms with Crippen molar-refractivity contribution in [3.05, 3.63) is 52.2 Å². The van der Waals surface area contributed by atoms with Crippen LogP contribution in [-0.4, -0.2) is 31.1 Å². The van der Waals surface area contributed by atoms with Crippen LogP contribution in [0.3, 0.4) is 0 Å². The number of carbonyl (C=O) groups excluding carboxylic acids is 2. The molecule has 2 amide bonds. The maximum atomic E-state index is 13.1. The molecule has 156 valence electrons. The average molecular weight is 415 g/mol. The van der Waals surface area contributed by atoms with Gasteiger partial charge in [0.15, 0.2) is 0 Å². The molecule has 1 aromatic carbocycles. The Kier molecular flexibility index (Phi) is 7.45. The Labute approximate surface area is 177 Å². The molecule has 3 rings (SSSR count). The number of hydrogen-bond donors (Lipinski definition) is 1. The fourth-order valence-corrected chi connectivity index (χ4v) is 4.58. The third kappa shape index (κ3) is 5.46. The van der Waals surface area contributed by atoms with Crippen molar-refractivity contribution in [3.63, 3.8) is 0 Å². The van der Waals surface area contributed by atoms with Crippen molar-refractivity contribution < 1.29 is 14.3 Å². The van der Waals surface area contributed by atoms with Gasteiger partial charge in [0.25, 0.3) is 0 Å². The van der Waals surface area contributed by atoms with E-state index in [0.717, 1.165) is 22.5 Å². The van der Waals surface area contributed by atoms with Gasteiger partial charge in [0.05, 0.1) is 18.1 Å². The van der Waals surface area contributed by atoms with Gasteiger partial charge in [-0.3, -0.25) is 9.59 Å². The lowest BCUT2D eigenvalue weighted by Gasteiger charge is -2.40. The number of amides is 2. The molecule has 2 unspecified atom stereocenters. The van der Waals surface area contributed by atoms with Crippen LogP contribution in [0.15, 0.2) is 41.8 Å². The fraction of sp³-hybridized carbons (Fsp3) is 0.478. The average Bonchev–Trinajstić information content (AvgIpc) is 3.22. The van der Waals surface area contributed by atoms with Crippen LogP contribution in [0.5, 0.6) is 0 Å². The minimum absolute atomic E-state index is 0.0116. The Bertz CT molecular complexity index is 802. The largest absolute Gasteiger partial charge is 0.379 e. The number of nitrogens with one attached hydrogen (secondary N) is 1. The van der Waals surface area contributed by atoms with Gasteiger partial charge in [-0.1, -0.05) is 23.8 Å². The first-order valence-electron chi connectivity index (χ1n) is 10.3. The minimum Gasteiger partial charge on any atom is -0.379 e. The highest BCUT2D eigenvalue weighted by Crippen LogP contribution is 2.41. The maximum Gasteiger partial charge on any atom is 0.227 e. The van der Waals surface area contributed by atoms with Crippen molar-refractivity contribution in [3.8, 4) is 0 Å². The second kappa shape index (κ2) is 10.0. The van der Waals surface area contributed by atoms with E-state index >= 15 is 0 Å². The molecule has 1 aliphatic heterocycles. The molecule has 6 heteroatoms. The van der Waals surface area contributed by atoms with E-state index in [1.165, 1.54) is 0 Å². The number of ether oxygens (including phenoxy) is 1. The molecule has 0 radical (unpaired) electrons. The molecular formula is C23H30N2O3S. The van der Waals surface area contributed by atoms with Gasteiger partial charge in [-0.2, -0.15) is 0 Å². The monoisotopic (exact) mass is 414 g/mol. The number of hydrogen-bond acceptors (Lipinski definition) is 4. The Morgan fingerprint density at radius 1 is 1.28 bits per heavy atom. The van der Waals surface area contributed by atoms with Crippen LogP contribution in [0.25, 0.3) is 0 Å². The lowest BCUT2D eigenvalue weighted by molar-refractivity contribution is -0.129. The molecule has 1 saturated heterocycles. The summed E-state index contributed by atoms with van der Waals surface area (Å²) in [5.41, 5.74) is 1.99. The predicted molar refractivity (Wildman–Crippen MR) is 117 cm³/mol. The molecule has 1 N–H and O–H groups in total. The Hall–Kier alpha value is -2.18. The third-order valence-electron chi connectivity index (χ3n) is 5.15. The highest BCUT2D eigenvalue weighted by molar-refractivity contribution is 7.10. The van der Waals surface area contributed by atoms with Gasteiger partial charge in [-0.05, 0) is 57.2 Å². The predicted octanol–water partition coefficient (Wildman–Crippen LogP) is 4.47. The van der Waals surface area contributed by atoms with Gasteiger partial charge in [0, 0.05) is 30.1 Å². The van der Waals surface area contributed by atoms with Crippen molar-refractivity contribution in [2.45, 2.75) is 52.2 Å². The number of aryl methyl sites for hydroxylation is 1. The molecule has 0 saturated carbocycles. The zero-order valence-electron chi connectivity index (χ0n) is 17.4. The topological polar surface area (TPSA) is 58.6 Å². The van der Waals surface area contributed by atoms with Crippen LogP contribution in [0.2, 0.25) is 0 Å². The van der Waals surface area contributed by atoms with Crippen LogP contribution in [0, 0.1) is 12.8 Å². The first-order chi connectivity index (χ1) is 14.0. The molecule has 0 bridgehead atoms. The summed E-state index contributed by atoms with van der Waals surface area (Å²) in [6, 6.07) is 11.7. The lowest BCUT2D eigenvalue weighted by atomic mass is 9.86. The van der Waals surface area contributed by atoms with Crippen molar-refractivity contribution >= 4 is 28.8 Å². The number of carbonyl (C=O) groups is 2. The number of benzene rings is 1.